The Labute approximate surface area is 199 Å². The van der Waals surface area contributed by atoms with Gasteiger partial charge in [0.15, 0.2) is 0 Å². The van der Waals surface area contributed by atoms with Gasteiger partial charge in [-0.1, -0.05) is 30.0 Å². The van der Waals surface area contributed by atoms with Crippen LogP contribution in [0.15, 0.2) is 47.4 Å². The number of nitro benzene ring substituents is 1. The quantitative estimate of drug-likeness (QED) is 0.249. The van der Waals surface area contributed by atoms with Crippen molar-refractivity contribution in [3.05, 3.63) is 68.9 Å². The van der Waals surface area contributed by atoms with Gasteiger partial charge in [-0.25, -0.2) is 4.39 Å². The fourth-order valence-electron chi connectivity index (χ4n) is 3.39. The molecule has 4 rings (SSSR count). The summed E-state index contributed by atoms with van der Waals surface area (Å²) in [5.74, 6) is -0.364. The van der Waals surface area contributed by atoms with E-state index >= 15 is 0 Å². The van der Waals surface area contributed by atoms with Crippen molar-refractivity contribution in [3.8, 4) is 11.5 Å². The smallest absolute Gasteiger partial charge is 0.312 e. The Hall–Kier alpha value is -2.86. The third-order valence-corrected chi connectivity index (χ3v) is 6.51. The maximum atomic E-state index is 13.1. The minimum absolute atomic E-state index is 0.0156. The summed E-state index contributed by atoms with van der Waals surface area (Å²) in [6.07, 6.45) is 1.59. The van der Waals surface area contributed by atoms with Crippen molar-refractivity contribution in [1.82, 2.24) is 9.80 Å². The highest BCUT2D eigenvalue weighted by Gasteiger charge is 2.32. The minimum atomic E-state index is -0.566. The van der Waals surface area contributed by atoms with E-state index < -0.39 is 10.7 Å². The Kier molecular flexibility index (Phi) is 7.33. The topological polar surface area (TPSA) is 85.1 Å². The van der Waals surface area contributed by atoms with Crippen molar-refractivity contribution in [3.63, 3.8) is 0 Å². The molecule has 2 aliphatic rings. The molecule has 2 aromatic rings. The number of thioether (sulfide) groups is 1. The van der Waals surface area contributed by atoms with E-state index in [1.165, 1.54) is 48.2 Å². The number of rotatable bonds is 7. The number of halogens is 1. The molecule has 0 spiro atoms. The molecule has 0 aromatic heterocycles. The van der Waals surface area contributed by atoms with Crippen LogP contribution in [0.2, 0.25) is 0 Å². The van der Waals surface area contributed by atoms with Crippen LogP contribution >= 0.6 is 24.0 Å². The summed E-state index contributed by atoms with van der Waals surface area (Å²) >= 11 is 6.55. The number of thiocarbonyl (C=S) groups is 1. The third kappa shape index (κ3) is 5.74. The van der Waals surface area contributed by atoms with Crippen LogP contribution in [-0.4, -0.2) is 64.3 Å². The van der Waals surface area contributed by atoms with Gasteiger partial charge in [-0.05, 0) is 42.0 Å². The van der Waals surface area contributed by atoms with E-state index in [2.05, 4.69) is 4.90 Å². The molecule has 0 unspecified atom stereocenters. The van der Waals surface area contributed by atoms with Crippen LogP contribution < -0.4 is 4.74 Å². The second-order valence-electron chi connectivity index (χ2n) is 7.33. The van der Waals surface area contributed by atoms with E-state index in [4.69, 9.17) is 21.7 Å². The first-order valence-corrected chi connectivity index (χ1v) is 11.4. The lowest BCUT2D eigenvalue weighted by atomic mass is 10.1. The summed E-state index contributed by atoms with van der Waals surface area (Å²) in [6, 6.07) is 9.58. The predicted molar refractivity (Wildman–Crippen MR) is 127 cm³/mol. The number of hydrogen-bond acceptors (Lipinski definition) is 8. The van der Waals surface area contributed by atoms with Gasteiger partial charge >= 0.3 is 5.69 Å². The van der Waals surface area contributed by atoms with Gasteiger partial charge in [0.25, 0.3) is 5.91 Å². The van der Waals surface area contributed by atoms with Crippen LogP contribution in [0.4, 0.5) is 10.1 Å². The zero-order valence-corrected chi connectivity index (χ0v) is 19.1. The summed E-state index contributed by atoms with van der Waals surface area (Å²) in [5.41, 5.74) is 0.206. The number of nitro groups is 1. The summed E-state index contributed by atoms with van der Waals surface area (Å²) in [7, 11) is 0. The molecule has 0 atom stereocenters. The highest BCUT2D eigenvalue weighted by molar-refractivity contribution is 8.26. The van der Waals surface area contributed by atoms with Gasteiger partial charge in [-0.2, -0.15) is 0 Å². The standard InChI is InChI=1S/C22H20FN3O5S2/c23-16-2-4-17(5-3-16)31-19-6-1-15(13-18(19)26(28)29)14-20-21(27)25(22(32)33-20)8-7-24-9-11-30-12-10-24/h1-6,13-14H,7-12H2. The minimum Gasteiger partial charge on any atom is -0.450 e. The molecular formula is C22H20FN3O5S2. The lowest BCUT2D eigenvalue weighted by molar-refractivity contribution is -0.385. The van der Waals surface area contributed by atoms with Gasteiger partial charge in [-0.15, -0.1) is 0 Å². The van der Waals surface area contributed by atoms with E-state index in [9.17, 15) is 19.3 Å². The predicted octanol–water partition coefficient (Wildman–Crippen LogP) is 4.06. The maximum Gasteiger partial charge on any atom is 0.312 e. The largest absolute Gasteiger partial charge is 0.450 e. The first-order valence-electron chi connectivity index (χ1n) is 10.2. The van der Waals surface area contributed by atoms with Crippen LogP contribution in [0.25, 0.3) is 6.08 Å². The van der Waals surface area contributed by atoms with E-state index in [1.807, 2.05) is 0 Å². The van der Waals surface area contributed by atoms with Gasteiger partial charge in [0.1, 0.15) is 15.9 Å². The van der Waals surface area contributed by atoms with Gasteiger partial charge in [0.05, 0.1) is 23.0 Å². The zero-order valence-electron chi connectivity index (χ0n) is 17.4. The maximum absolute atomic E-state index is 13.1. The van der Waals surface area contributed by atoms with E-state index in [1.54, 1.807) is 17.0 Å². The molecule has 2 saturated heterocycles. The molecule has 33 heavy (non-hydrogen) atoms. The second-order valence-corrected chi connectivity index (χ2v) is 9.00. The lowest BCUT2D eigenvalue weighted by Crippen LogP contribution is -2.42. The van der Waals surface area contributed by atoms with Crippen molar-refractivity contribution in [1.29, 1.82) is 0 Å². The number of carbonyl (C=O) groups excluding carboxylic acids is 1. The molecule has 2 aliphatic heterocycles. The molecule has 0 bridgehead atoms. The molecule has 0 radical (unpaired) electrons. The summed E-state index contributed by atoms with van der Waals surface area (Å²) in [5, 5.41) is 11.6. The monoisotopic (exact) mass is 489 g/mol. The molecule has 2 heterocycles. The Balaban J connectivity index is 1.48. The van der Waals surface area contributed by atoms with Gasteiger partial charge in [0.2, 0.25) is 5.75 Å². The third-order valence-electron chi connectivity index (χ3n) is 5.14. The van der Waals surface area contributed by atoms with Crippen LogP contribution in [-0.2, 0) is 9.53 Å². The van der Waals surface area contributed by atoms with Crippen LogP contribution in [0, 0.1) is 15.9 Å². The molecule has 0 N–H and O–H groups in total. The van der Waals surface area contributed by atoms with Crippen molar-refractivity contribution in [2.75, 3.05) is 39.4 Å². The van der Waals surface area contributed by atoms with Crippen molar-refractivity contribution in [2.24, 2.45) is 0 Å². The number of morpholine rings is 1. The molecule has 1 amide bonds. The number of nitrogens with zero attached hydrogens (tertiary/aromatic N) is 3. The van der Waals surface area contributed by atoms with E-state index in [0.717, 1.165) is 13.1 Å². The Morgan fingerprint density at radius 3 is 2.61 bits per heavy atom. The second kappa shape index (κ2) is 10.4. The van der Waals surface area contributed by atoms with Gasteiger partial charge in [-0.3, -0.25) is 24.7 Å². The summed E-state index contributed by atoms with van der Waals surface area (Å²) < 4.78 is 24.4. The fourth-order valence-corrected chi connectivity index (χ4v) is 4.70. The van der Waals surface area contributed by atoms with Crippen molar-refractivity contribution < 1.29 is 23.6 Å². The first kappa shape index (κ1) is 23.3. The normalized spacial score (nSPS) is 18.2. The molecule has 2 fully saturated rings. The molecule has 8 nitrogen and oxygen atoms in total. The van der Waals surface area contributed by atoms with Crippen molar-refractivity contribution >= 4 is 46.0 Å². The average Bonchev–Trinajstić information content (AvgIpc) is 3.07. The molecule has 0 saturated carbocycles. The molecule has 172 valence electrons. The van der Waals surface area contributed by atoms with Crippen LogP contribution in [0.3, 0.4) is 0 Å². The molecular weight excluding hydrogens is 469 g/mol. The lowest BCUT2D eigenvalue weighted by Gasteiger charge is -2.28. The molecule has 2 aromatic carbocycles. The number of ether oxygens (including phenoxy) is 2. The highest BCUT2D eigenvalue weighted by atomic mass is 32.2. The number of benzene rings is 2. The van der Waals surface area contributed by atoms with Crippen LogP contribution in [0.5, 0.6) is 11.5 Å². The SMILES string of the molecule is O=C1C(=Cc2ccc(Oc3ccc(F)cc3)c([N+](=O)[O-])c2)SC(=S)N1CCN1CCOCC1. The average molecular weight is 490 g/mol. The highest BCUT2D eigenvalue weighted by Crippen LogP contribution is 2.36. The fraction of sp³-hybridized carbons (Fsp3) is 0.273. The number of carbonyl (C=O) groups is 1. The Morgan fingerprint density at radius 1 is 1.18 bits per heavy atom. The van der Waals surface area contributed by atoms with Crippen molar-refractivity contribution in [2.45, 2.75) is 0 Å². The van der Waals surface area contributed by atoms with E-state index in [0.29, 0.717) is 41.1 Å². The molecule has 11 heteroatoms. The summed E-state index contributed by atoms with van der Waals surface area (Å²) in [6.45, 7) is 4.17. The van der Waals surface area contributed by atoms with Gasteiger partial charge in [0, 0.05) is 32.2 Å². The Bertz CT molecular complexity index is 1100. The summed E-state index contributed by atoms with van der Waals surface area (Å²) in [4.78, 5) is 28.1. The number of amides is 1. The van der Waals surface area contributed by atoms with E-state index in [-0.39, 0.29) is 23.1 Å². The first-order chi connectivity index (χ1) is 15.9. The zero-order chi connectivity index (χ0) is 23.4. The Morgan fingerprint density at radius 2 is 1.91 bits per heavy atom. The molecule has 0 aliphatic carbocycles. The number of hydrogen-bond donors (Lipinski definition) is 0. The van der Waals surface area contributed by atoms with Crippen LogP contribution in [0.1, 0.15) is 5.56 Å². The van der Waals surface area contributed by atoms with Gasteiger partial charge < -0.3 is 9.47 Å².